The van der Waals surface area contributed by atoms with Crippen LogP contribution >= 0.6 is 0 Å². The van der Waals surface area contributed by atoms with Gasteiger partial charge >= 0.3 is 6.09 Å². The van der Waals surface area contributed by atoms with Crippen molar-refractivity contribution in [3.63, 3.8) is 0 Å². The molecule has 1 aromatic carbocycles. The topological polar surface area (TPSA) is 148 Å². The molecular formula is C21H25N5O5. The highest BCUT2D eigenvalue weighted by atomic mass is 16.4. The number of carbonyl (C=O) groups excluding carboxylic acids is 3. The fourth-order valence-electron chi connectivity index (χ4n) is 3.82. The Labute approximate surface area is 179 Å². The Morgan fingerprint density at radius 1 is 1.26 bits per heavy atom. The highest BCUT2D eigenvalue weighted by Gasteiger charge is 2.32. The van der Waals surface area contributed by atoms with E-state index in [-0.39, 0.29) is 24.4 Å². The van der Waals surface area contributed by atoms with Crippen molar-refractivity contribution in [3.05, 3.63) is 53.3 Å². The fraction of sp³-hybridized carbons (Fsp3) is 0.381. The number of nitrogens with two attached hydrogens (primary N) is 1. The first-order valence-electron chi connectivity index (χ1n) is 9.96. The quantitative estimate of drug-likeness (QED) is 0.553. The Bertz CT molecular complexity index is 987. The molecule has 10 nitrogen and oxygen atoms in total. The van der Waals surface area contributed by atoms with Gasteiger partial charge in [0.25, 0.3) is 11.8 Å². The molecule has 1 aliphatic rings. The summed E-state index contributed by atoms with van der Waals surface area (Å²) in [6.07, 6.45) is 1.97. The first kappa shape index (κ1) is 22.0. The summed E-state index contributed by atoms with van der Waals surface area (Å²) >= 11 is 0. The molecule has 1 aromatic heterocycles. The summed E-state index contributed by atoms with van der Waals surface area (Å²) < 4.78 is 1.48. The molecule has 0 aliphatic carbocycles. The first-order chi connectivity index (χ1) is 14.8. The van der Waals surface area contributed by atoms with Gasteiger partial charge in [-0.05, 0) is 18.4 Å². The number of carboxylic acid groups (broad SMARTS) is 1. The number of benzene rings is 1. The van der Waals surface area contributed by atoms with Gasteiger partial charge in [0.05, 0.1) is 11.3 Å². The number of piperidine rings is 1. The smallest absolute Gasteiger partial charge is 0.407 e. The van der Waals surface area contributed by atoms with Gasteiger partial charge in [-0.3, -0.25) is 19.1 Å². The first-order valence-corrected chi connectivity index (χ1v) is 9.96. The van der Waals surface area contributed by atoms with Crippen LogP contribution in [0.15, 0.2) is 36.5 Å². The van der Waals surface area contributed by atoms with E-state index in [1.54, 1.807) is 31.3 Å². The van der Waals surface area contributed by atoms with Crippen molar-refractivity contribution in [2.24, 2.45) is 12.8 Å². The summed E-state index contributed by atoms with van der Waals surface area (Å²) in [6.45, 7) is 0.673. The third kappa shape index (κ3) is 5.27. The van der Waals surface area contributed by atoms with E-state index in [1.807, 2.05) is 6.07 Å². The minimum atomic E-state index is -1.13. The lowest BCUT2D eigenvalue weighted by Gasteiger charge is -2.30. The Hall–Kier alpha value is -3.69. The molecule has 2 heterocycles. The lowest BCUT2D eigenvalue weighted by atomic mass is 9.92. The van der Waals surface area contributed by atoms with Crippen LogP contribution in [0.5, 0.6) is 0 Å². The van der Waals surface area contributed by atoms with E-state index in [9.17, 15) is 24.3 Å². The van der Waals surface area contributed by atoms with Gasteiger partial charge in [0, 0.05) is 38.7 Å². The van der Waals surface area contributed by atoms with Gasteiger partial charge in [-0.25, -0.2) is 4.79 Å². The maximum absolute atomic E-state index is 13.1. The second kappa shape index (κ2) is 9.41. The Morgan fingerprint density at radius 2 is 1.97 bits per heavy atom. The third-order valence-corrected chi connectivity index (χ3v) is 5.33. The molecule has 2 aromatic rings. The number of carbonyl (C=O) groups is 4. The van der Waals surface area contributed by atoms with Gasteiger partial charge in [0.15, 0.2) is 0 Å². The number of Topliss-reactive ketones (excluding diaryl/α,β-unsaturated/α-hetero) is 1. The van der Waals surface area contributed by atoms with E-state index in [0.717, 1.165) is 5.56 Å². The lowest BCUT2D eigenvalue weighted by Crippen LogP contribution is -2.47. The van der Waals surface area contributed by atoms with Crippen molar-refractivity contribution in [1.29, 1.82) is 0 Å². The van der Waals surface area contributed by atoms with E-state index in [0.29, 0.717) is 25.1 Å². The summed E-state index contributed by atoms with van der Waals surface area (Å²) in [5, 5.41) is 16.3. The van der Waals surface area contributed by atoms with Crippen molar-refractivity contribution < 1.29 is 24.3 Å². The van der Waals surface area contributed by atoms with Crippen molar-refractivity contribution in [2.45, 2.75) is 31.2 Å². The molecule has 3 amide bonds. The molecule has 1 fully saturated rings. The van der Waals surface area contributed by atoms with Crippen LogP contribution < -0.4 is 11.1 Å². The average molecular weight is 427 g/mol. The zero-order chi connectivity index (χ0) is 22.5. The zero-order valence-corrected chi connectivity index (χ0v) is 17.2. The van der Waals surface area contributed by atoms with Crippen LogP contribution in [0, 0.1) is 0 Å². The normalized spacial score (nSPS) is 17.1. The molecule has 0 bridgehead atoms. The van der Waals surface area contributed by atoms with Crippen LogP contribution in [-0.2, 0) is 23.1 Å². The van der Waals surface area contributed by atoms with Crippen LogP contribution in [-0.4, -0.2) is 62.6 Å². The molecular weight excluding hydrogens is 402 g/mol. The van der Waals surface area contributed by atoms with E-state index < -0.39 is 29.7 Å². The van der Waals surface area contributed by atoms with E-state index in [1.165, 1.54) is 15.8 Å². The molecule has 10 heteroatoms. The zero-order valence-electron chi connectivity index (χ0n) is 17.2. The molecule has 4 N–H and O–H groups in total. The van der Waals surface area contributed by atoms with Crippen molar-refractivity contribution in [3.8, 4) is 0 Å². The Balaban J connectivity index is 1.83. The van der Waals surface area contributed by atoms with Crippen LogP contribution in [0.4, 0.5) is 4.79 Å². The predicted octanol–water partition coefficient (Wildman–Crippen LogP) is 0.673. The number of rotatable bonds is 7. The number of primary amides is 1. The van der Waals surface area contributed by atoms with Crippen LogP contribution in [0.2, 0.25) is 0 Å². The lowest BCUT2D eigenvalue weighted by molar-refractivity contribution is -0.137. The number of nitrogens with zero attached hydrogens (tertiary/aromatic N) is 3. The largest absolute Gasteiger partial charge is 0.465 e. The molecule has 2 atom stereocenters. The molecule has 0 spiro atoms. The number of aromatic nitrogens is 2. The number of hydrogen-bond acceptors (Lipinski definition) is 5. The second-order valence-electron chi connectivity index (χ2n) is 7.61. The van der Waals surface area contributed by atoms with E-state index in [4.69, 9.17) is 5.73 Å². The summed E-state index contributed by atoms with van der Waals surface area (Å²) in [4.78, 5) is 49.6. The van der Waals surface area contributed by atoms with Crippen molar-refractivity contribution in [1.82, 2.24) is 20.0 Å². The number of nitrogens with one attached hydrogen (secondary N) is 1. The standard InChI is InChI=1S/C21H25N5O5/c1-25-12-15(17(24-25)14-8-5-9-26(11-14)21(30)31)20(29)23-16(18(27)19(22)28)10-13-6-3-2-4-7-13/h2-4,6-7,12,14,16H,5,8-11H2,1H3,(H2,22,28)(H,23,29)(H,30,31). The minimum Gasteiger partial charge on any atom is -0.465 e. The van der Waals surface area contributed by atoms with Gasteiger partial charge < -0.3 is 21.1 Å². The molecule has 3 rings (SSSR count). The molecule has 1 saturated heterocycles. The van der Waals surface area contributed by atoms with E-state index >= 15 is 0 Å². The summed E-state index contributed by atoms with van der Waals surface area (Å²) in [5.41, 5.74) is 6.66. The van der Waals surface area contributed by atoms with Crippen molar-refractivity contribution >= 4 is 23.7 Å². The van der Waals surface area contributed by atoms with Crippen molar-refractivity contribution in [2.75, 3.05) is 13.1 Å². The molecule has 0 radical (unpaired) electrons. The summed E-state index contributed by atoms with van der Waals surface area (Å²) in [5.74, 6) is -2.83. The predicted molar refractivity (Wildman–Crippen MR) is 110 cm³/mol. The number of aryl methyl sites for hydroxylation is 1. The van der Waals surface area contributed by atoms with Gasteiger partial charge in [0.2, 0.25) is 5.78 Å². The maximum Gasteiger partial charge on any atom is 0.407 e. The number of amides is 3. The monoisotopic (exact) mass is 427 g/mol. The maximum atomic E-state index is 13.1. The summed E-state index contributed by atoms with van der Waals surface area (Å²) in [7, 11) is 1.66. The number of likely N-dealkylation sites (tertiary alicyclic amines) is 1. The van der Waals surface area contributed by atoms with Crippen LogP contribution in [0.25, 0.3) is 0 Å². The minimum absolute atomic E-state index is 0.111. The number of hydrogen-bond donors (Lipinski definition) is 3. The molecule has 164 valence electrons. The highest BCUT2D eigenvalue weighted by molar-refractivity contribution is 6.38. The molecule has 0 saturated carbocycles. The average Bonchev–Trinajstić information content (AvgIpc) is 3.15. The van der Waals surface area contributed by atoms with Crippen LogP contribution in [0.1, 0.15) is 40.4 Å². The Morgan fingerprint density at radius 3 is 2.61 bits per heavy atom. The van der Waals surface area contributed by atoms with Gasteiger partial charge in [-0.15, -0.1) is 0 Å². The number of ketones is 1. The second-order valence-corrected chi connectivity index (χ2v) is 7.61. The Kier molecular flexibility index (Phi) is 6.68. The highest BCUT2D eigenvalue weighted by Crippen LogP contribution is 2.28. The molecule has 1 aliphatic heterocycles. The van der Waals surface area contributed by atoms with Gasteiger partial charge in [-0.1, -0.05) is 30.3 Å². The molecule has 31 heavy (non-hydrogen) atoms. The summed E-state index contributed by atoms with van der Waals surface area (Å²) in [6, 6.07) is 7.84. The molecule has 2 unspecified atom stereocenters. The van der Waals surface area contributed by atoms with Crippen LogP contribution in [0.3, 0.4) is 0 Å². The van der Waals surface area contributed by atoms with Gasteiger partial charge in [0.1, 0.15) is 6.04 Å². The third-order valence-electron chi connectivity index (χ3n) is 5.33. The van der Waals surface area contributed by atoms with Gasteiger partial charge in [-0.2, -0.15) is 5.10 Å². The SMILES string of the molecule is Cn1cc(C(=O)NC(Cc2ccccc2)C(=O)C(N)=O)c(C2CCCN(C(=O)O)C2)n1. The fourth-order valence-corrected chi connectivity index (χ4v) is 3.82. The van der Waals surface area contributed by atoms with E-state index in [2.05, 4.69) is 10.4 Å².